The Labute approximate surface area is 142 Å². The predicted octanol–water partition coefficient (Wildman–Crippen LogP) is 1.60. The van der Waals surface area contributed by atoms with E-state index in [0.717, 1.165) is 5.56 Å². The van der Waals surface area contributed by atoms with Gasteiger partial charge in [0.25, 0.3) is 0 Å². The van der Waals surface area contributed by atoms with Crippen LogP contribution >= 0.6 is 0 Å². The summed E-state index contributed by atoms with van der Waals surface area (Å²) in [7, 11) is 1.51. The number of carboxylic acid groups (broad SMARTS) is 1. The summed E-state index contributed by atoms with van der Waals surface area (Å²) in [6.07, 6.45) is 0.577. The summed E-state index contributed by atoms with van der Waals surface area (Å²) < 4.78 is 0. The fourth-order valence-corrected chi connectivity index (χ4v) is 2.59. The maximum Gasteiger partial charge on any atom is 0.304 e. The van der Waals surface area contributed by atoms with Gasteiger partial charge >= 0.3 is 5.97 Å². The molecule has 1 rings (SSSR count). The first-order valence-corrected chi connectivity index (χ1v) is 8.11. The van der Waals surface area contributed by atoms with Crippen molar-refractivity contribution < 1.29 is 19.5 Å². The summed E-state index contributed by atoms with van der Waals surface area (Å²) in [5.41, 5.74) is 0.921. The van der Waals surface area contributed by atoms with E-state index >= 15 is 0 Å². The highest BCUT2D eigenvalue weighted by Gasteiger charge is 2.27. The van der Waals surface area contributed by atoms with Crippen molar-refractivity contribution in [3.63, 3.8) is 0 Å². The van der Waals surface area contributed by atoms with Crippen LogP contribution in [0, 0.1) is 11.8 Å². The van der Waals surface area contributed by atoms with Gasteiger partial charge in [-0.05, 0) is 17.9 Å². The quantitative estimate of drug-likeness (QED) is 0.639. The van der Waals surface area contributed by atoms with Crippen molar-refractivity contribution in [3.8, 4) is 0 Å². The molecule has 0 saturated carbocycles. The van der Waals surface area contributed by atoms with Gasteiger partial charge in [0.1, 0.15) is 6.04 Å². The number of rotatable bonds is 9. The number of likely N-dealkylation sites (N-methyl/N-ethyl adjacent to an activating group) is 1. The molecule has 0 spiro atoms. The molecule has 0 aliphatic rings. The number of carbonyl (C=O) groups excluding carboxylic acids is 2. The zero-order valence-corrected chi connectivity index (χ0v) is 14.4. The van der Waals surface area contributed by atoms with Gasteiger partial charge in [-0.15, -0.1) is 0 Å². The number of carboxylic acids is 1. The third kappa shape index (κ3) is 6.81. The molecule has 2 atom stereocenters. The van der Waals surface area contributed by atoms with Crippen LogP contribution in [0.3, 0.4) is 0 Å². The van der Waals surface area contributed by atoms with E-state index in [1.165, 1.54) is 7.05 Å². The van der Waals surface area contributed by atoms with Crippen molar-refractivity contribution >= 4 is 17.8 Å². The van der Waals surface area contributed by atoms with Crippen molar-refractivity contribution in [2.24, 2.45) is 11.8 Å². The fraction of sp³-hybridized carbons (Fsp3) is 0.500. The lowest BCUT2D eigenvalue weighted by molar-refractivity contribution is -0.141. The van der Waals surface area contributed by atoms with Crippen molar-refractivity contribution in [1.82, 2.24) is 10.6 Å². The van der Waals surface area contributed by atoms with Crippen LogP contribution in [-0.4, -0.2) is 36.0 Å². The number of nitrogens with one attached hydrogen (secondary N) is 2. The maximum absolute atomic E-state index is 12.5. The van der Waals surface area contributed by atoms with Crippen LogP contribution in [0.5, 0.6) is 0 Å². The fourth-order valence-electron chi connectivity index (χ4n) is 2.59. The van der Waals surface area contributed by atoms with Gasteiger partial charge in [0.05, 0.1) is 6.42 Å². The lowest BCUT2D eigenvalue weighted by atomic mass is 9.92. The molecule has 1 aromatic rings. The van der Waals surface area contributed by atoms with E-state index in [1.807, 2.05) is 44.2 Å². The minimum atomic E-state index is -1.02. The van der Waals surface area contributed by atoms with Crippen molar-refractivity contribution in [2.45, 2.75) is 39.2 Å². The zero-order valence-electron chi connectivity index (χ0n) is 14.4. The van der Waals surface area contributed by atoms with Crippen molar-refractivity contribution in [1.29, 1.82) is 0 Å². The zero-order chi connectivity index (χ0) is 18.1. The average Bonchev–Trinajstić information content (AvgIpc) is 2.52. The maximum atomic E-state index is 12.5. The average molecular weight is 334 g/mol. The SMILES string of the molecule is CNC(=O)[C@H](Cc1ccccc1)NC(=O)C(CC(=O)O)CC(C)C. The molecule has 1 unspecified atom stereocenters. The Hall–Kier alpha value is -2.37. The smallest absolute Gasteiger partial charge is 0.304 e. The van der Waals surface area contributed by atoms with Gasteiger partial charge in [0.15, 0.2) is 0 Å². The Morgan fingerprint density at radius 2 is 1.71 bits per heavy atom. The van der Waals surface area contributed by atoms with Gasteiger partial charge in [-0.1, -0.05) is 44.2 Å². The number of carbonyl (C=O) groups is 3. The molecule has 6 nitrogen and oxygen atoms in total. The monoisotopic (exact) mass is 334 g/mol. The van der Waals surface area contributed by atoms with Crippen molar-refractivity contribution in [3.05, 3.63) is 35.9 Å². The molecular formula is C18H26N2O4. The highest BCUT2D eigenvalue weighted by atomic mass is 16.4. The van der Waals surface area contributed by atoms with Gasteiger partial charge in [-0.2, -0.15) is 0 Å². The normalized spacial score (nSPS) is 13.2. The second kappa shape index (κ2) is 9.70. The molecule has 0 aliphatic heterocycles. The molecule has 24 heavy (non-hydrogen) atoms. The second-order valence-corrected chi connectivity index (χ2v) is 6.29. The third-order valence-corrected chi connectivity index (χ3v) is 3.71. The minimum Gasteiger partial charge on any atom is -0.481 e. The topological polar surface area (TPSA) is 95.5 Å². The van der Waals surface area contributed by atoms with Gasteiger partial charge in [0.2, 0.25) is 11.8 Å². The number of aliphatic carboxylic acids is 1. The summed E-state index contributed by atoms with van der Waals surface area (Å²) in [6, 6.07) is 8.64. The van der Waals surface area contributed by atoms with E-state index in [2.05, 4.69) is 10.6 Å². The Morgan fingerprint density at radius 1 is 1.08 bits per heavy atom. The van der Waals surface area contributed by atoms with Crippen molar-refractivity contribution in [2.75, 3.05) is 7.05 Å². The van der Waals surface area contributed by atoms with Gasteiger partial charge < -0.3 is 15.7 Å². The first kappa shape index (κ1) is 19.7. The van der Waals surface area contributed by atoms with E-state index in [9.17, 15) is 14.4 Å². The summed E-state index contributed by atoms with van der Waals surface area (Å²) in [4.78, 5) is 35.6. The molecule has 132 valence electrons. The van der Waals surface area contributed by atoms with E-state index in [-0.39, 0.29) is 18.2 Å². The highest BCUT2D eigenvalue weighted by molar-refractivity contribution is 5.89. The van der Waals surface area contributed by atoms with E-state index in [1.54, 1.807) is 0 Å². The number of amides is 2. The van der Waals surface area contributed by atoms with Gasteiger partial charge in [-0.3, -0.25) is 14.4 Å². The Kier molecular flexibility index (Phi) is 7.95. The first-order chi connectivity index (χ1) is 11.3. The Morgan fingerprint density at radius 3 is 2.21 bits per heavy atom. The summed E-state index contributed by atoms with van der Waals surface area (Å²) >= 11 is 0. The molecule has 0 bridgehead atoms. The number of hydrogen-bond donors (Lipinski definition) is 3. The number of hydrogen-bond acceptors (Lipinski definition) is 3. The molecule has 0 saturated heterocycles. The van der Waals surface area contributed by atoms with E-state index in [0.29, 0.717) is 12.8 Å². The third-order valence-electron chi connectivity index (χ3n) is 3.71. The molecule has 0 aliphatic carbocycles. The molecular weight excluding hydrogens is 308 g/mol. The van der Waals surface area contributed by atoms with Gasteiger partial charge in [0, 0.05) is 19.4 Å². The van der Waals surface area contributed by atoms with Gasteiger partial charge in [-0.25, -0.2) is 0 Å². The first-order valence-electron chi connectivity index (χ1n) is 8.11. The Balaban J connectivity index is 2.84. The lowest BCUT2D eigenvalue weighted by Crippen LogP contribution is -2.49. The van der Waals surface area contributed by atoms with Crippen LogP contribution in [0.25, 0.3) is 0 Å². The summed E-state index contributed by atoms with van der Waals surface area (Å²) in [5, 5.41) is 14.3. The molecule has 0 fully saturated rings. The van der Waals surface area contributed by atoms with Crippen LogP contribution < -0.4 is 10.6 Å². The summed E-state index contributed by atoms with van der Waals surface area (Å²) in [6.45, 7) is 3.87. The van der Waals surface area contributed by atoms with Crippen LogP contribution in [0.15, 0.2) is 30.3 Å². The molecule has 0 radical (unpaired) electrons. The predicted molar refractivity (Wildman–Crippen MR) is 91.3 cm³/mol. The largest absolute Gasteiger partial charge is 0.481 e. The van der Waals surface area contributed by atoms with Crippen LogP contribution in [0.1, 0.15) is 32.3 Å². The minimum absolute atomic E-state index is 0.188. The molecule has 6 heteroatoms. The van der Waals surface area contributed by atoms with Crippen LogP contribution in [0.2, 0.25) is 0 Å². The molecule has 0 heterocycles. The van der Waals surface area contributed by atoms with E-state index in [4.69, 9.17) is 5.11 Å². The second-order valence-electron chi connectivity index (χ2n) is 6.29. The molecule has 3 N–H and O–H groups in total. The molecule has 2 amide bonds. The lowest BCUT2D eigenvalue weighted by Gasteiger charge is -2.22. The highest BCUT2D eigenvalue weighted by Crippen LogP contribution is 2.16. The van der Waals surface area contributed by atoms with Crippen LogP contribution in [0.4, 0.5) is 0 Å². The number of benzene rings is 1. The molecule has 1 aromatic carbocycles. The standard InChI is InChI=1S/C18H26N2O4/c1-12(2)9-14(11-16(21)22)17(23)20-15(18(24)19-3)10-13-7-5-4-6-8-13/h4-8,12,14-15H,9-11H2,1-3H3,(H,19,24)(H,20,23)(H,21,22)/t14?,15-/m0/s1. The molecule has 0 aromatic heterocycles. The van der Waals surface area contributed by atoms with Crippen LogP contribution in [-0.2, 0) is 20.8 Å². The summed E-state index contributed by atoms with van der Waals surface area (Å²) in [5.74, 6) is -2.17. The Bertz CT molecular complexity index is 557. The van der Waals surface area contributed by atoms with E-state index < -0.39 is 23.8 Å².